The minimum atomic E-state index is 0.0312. The molecule has 0 heterocycles. The number of ether oxygens (including phenoxy) is 1. The van der Waals surface area contributed by atoms with Crippen LogP contribution in [0.3, 0.4) is 0 Å². The van der Waals surface area contributed by atoms with E-state index in [1.807, 2.05) is 50.2 Å². The molecule has 0 N–H and O–H groups in total. The van der Waals surface area contributed by atoms with Gasteiger partial charge in [0, 0.05) is 0 Å². The van der Waals surface area contributed by atoms with E-state index in [1.54, 1.807) is 14.0 Å². The maximum atomic E-state index is 11.6. The van der Waals surface area contributed by atoms with E-state index in [-0.39, 0.29) is 5.78 Å². The van der Waals surface area contributed by atoms with Crippen molar-refractivity contribution in [2.24, 2.45) is 0 Å². The van der Waals surface area contributed by atoms with E-state index in [1.165, 1.54) is 0 Å². The fraction of sp³-hybridized carbons (Fsp3) is 0.267. The van der Waals surface area contributed by atoms with Crippen LogP contribution in [-0.2, 0) is 0 Å². The predicted molar refractivity (Wildman–Crippen MR) is 71.9 cm³/mol. The van der Waals surface area contributed by atoms with Gasteiger partial charge in [-0.1, -0.05) is 44.2 Å². The summed E-state index contributed by atoms with van der Waals surface area (Å²) < 4.78 is 5.19. The third-order valence-electron chi connectivity index (χ3n) is 2.46. The number of hydrogen-bond acceptors (Lipinski definition) is 2. The van der Waals surface area contributed by atoms with Gasteiger partial charge in [-0.15, -0.1) is 0 Å². The first-order valence-electron chi connectivity index (χ1n) is 5.80. The van der Waals surface area contributed by atoms with Crippen molar-refractivity contribution in [1.29, 1.82) is 0 Å². The lowest BCUT2D eigenvalue weighted by Gasteiger charge is -2.08. The quantitative estimate of drug-likeness (QED) is 0.727. The van der Waals surface area contributed by atoms with Crippen molar-refractivity contribution in [1.82, 2.24) is 0 Å². The third kappa shape index (κ3) is 2.64. The Balaban J connectivity index is 0.000000686. The maximum absolute atomic E-state index is 11.6. The highest BCUT2D eigenvalue weighted by atomic mass is 16.5. The summed E-state index contributed by atoms with van der Waals surface area (Å²) >= 11 is 0. The molecule has 2 rings (SSSR count). The van der Waals surface area contributed by atoms with E-state index in [9.17, 15) is 4.79 Å². The monoisotopic (exact) mass is 230 g/mol. The lowest BCUT2D eigenvalue weighted by Crippen LogP contribution is -1.98. The van der Waals surface area contributed by atoms with Crippen LogP contribution in [0.1, 0.15) is 31.1 Å². The number of carbonyl (C=O) groups excluding carboxylic acids is 1. The highest BCUT2D eigenvalue weighted by Crippen LogP contribution is 2.27. The highest BCUT2D eigenvalue weighted by Gasteiger charge is 2.11. The molecule has 2 nitrogen and oxygen atoms in total. The van der Waals surface area contributed by atoms with Gasteiger partial charge in [0.25, 0.3) is 0 Å². The van der Waals surface area contributed by atoms with Crippen molar-refractivity contribution in [2.45, 2.75) is 20.8 Å². The van der Waals surface area contributed by atoms with Crippen LogP contribution in [0.25, 0.3) is 10.8 Å². The Labute approximate surface area is 102 Å². The zero-order valence-corrected chi connectivity index (χ0v) is 10.8. The molecule has 0 radical (unpaired) electrons. The van der Waals surface area contributed by atoms with Crippen molar-refractivity contribution in [2.75, 3.05) is 7.11 Å². The van der Waals surface area contributed by atoms with E-state index >= 15 is 0 Å². The molecule has 17 heavy (non-hydrogen) atoms. The second-order valence-corrected chi connectivity index (χ2v) is 3.42. The first kappa shape index (κ1) is 13.2. The van der Waals surface area contributed by atoms with Crippen LogP contribution in [0.4, 0.5) is 0 Å². The van der Waals surface area contributed by atoms with Crippen LogP contribution in [0.5, 0.6) is 5.75 Å². The van der Waals surface area contributed by atoms with E-state index < -0.39 is 0 Å². The number of hydrogen-bond donors (Lipinski definition) is 0. The molecule has 2 aromatic carbocycles. The topological polar surface area (TPSA) is 26.3 Å². The van der Waals surface area contributed by atoms with Gasteiger partial charge in [-0.2, -0.15) is 0 Å². The van der Waals surface area contributed by atoms with E-state index in [2.05, 4.69) is 0 Å². The van der Waals surface area contributed by atoms with Crippen molar-refractivity contribution >= 4 is 16.6 Å². The largest absolute Gasteiger partial charge is 0.496 e. The van der Waals surface area contributed by atoms with Gasteiger partial charge in [0.1, 0.15) is 5.75 Å². The highest BCUT2D eigenvalue weighted by molar-refractivity contribution is 6.09. The molecule has 2 aromatic rings. The van der Waals surface area contributed by atoms with Crippen LogP contribution in [0.2, 0.25) is 0 Å². The van der Waals surface area contributed by atoms with Gasteiger partial charge in [-0.25, -0.2) is 0 Å². The molecule has 0 saturated heterocycles. The fourth-order valence-corrected chi connectivity index (χ4v) is 1.78. The van der Waals surface area contributed by atoms with Crippen molar-refractivity contribution < 1.29 is 9.53 Å². The Hall–Kier alpha value is -1.83. The van der Waals surface area contributed by atoms with Gasteiger partial charge in [0.15, 0.2) is 5.78 Å². The predicted octanol–water partition coefficient (Wildman–Crippen LogP) is 4.08. The van der Waals surface area contributed by atoms with Crippen LogP contribution < -0.4 is 4.74 Å². The minimum Gasteiger partial charge on any atom is -0.496 e. The summed E-state index contributed by atoms with van der Waals surface area (Å²) in [6.07, 6.45) is 0. The summed E-state index contributed by atoms with van der Waals surface area (Å²) in [5, 5.41) is 2.01. The van der Waals surface area contributed by atoms with Crippen molar-refractivity contribution in [3.05, 3.63) is 42.0 Å². The normalized spacial score (nSPS) is 9.41. The fourth-order valence-electron chi connectivity index (χ4n) is 1.78. The molecule has 2 heteroatoms. The second-order valence-electron chi connectivity index (χ2n) is 3.42. The van der Waals surface area contributed by atoms with Crippen LogP contribution in [0, 0.1) is 0 Å². The summed E-state index contributed by atoms with van der Waals surface area (Å²) in [5.74, 6) is 0.671. The van der Waals surface area contributed by atoms with Crippen molar-refractivity contribution in [3.63, 3.8) is 0 Å². The minimum absolute atomic E-state index is 0.0312. The smallest absolute Gasteiger partial charge is 0.164 e. The average Bonchev–Trinajstić information content (AvgIpc) is 2.39. The third-order valence-corrected chi connectivity index (χ3v) is 2.46. The molecule has 0 bridgehead atoms. The lowest BCUT2D eigenvalue weighted by molar-refractivity contribution is 0.101. The van der Waals surface area contributed by atoms with Gasteiger partial charge < -0.3 is 4.74 Å². The SMILES string of the molecule is CC.COc1ccc2ccccc2c1C(C)=O. The molecule has 90 valence electrons. The lowest BCUT2D eigenvalue weighted by atomic mass is 10.0. The number of carbonyl (C=O) groups is 1. The van der Waals surface area contributed by atoms with Gasteiger partial charge in [0.2, 0.25) is 0 Å². The van der Waals surface area contributed by atoms with Crippen LogP contribution in [0.15, 0.2) is 36.4 Å². The molecule has 0 aliphatic rings. The standard InChI is InChI=1S/C13H12O2.C2H6/c1-9(14)13-11-6-4-3-5-10(11)7-8-12(13)15-2;1-2/h3-8H,1-2H3;1-2H3. The molecule has 0 amide bonds. The number of Topliss-reactive ketones (excluding diaryl/α,β-unsaturated/α-hetero) is 1. The molecule has 0 fully saturated rings. The Bertz CT molecular complexity index is 515. The van der Waals surface area contributed by atoms with E-state index in [0.717, 1.165) is 10.8 Å². The van der Waals surface area contributed by atoms with Crippen LogP contribution >= 0.6 is 0 Å². The first-order valence-corrected chi connectivity index (χ1v) is 5.80. The Morgan fingerprint density at radius 3 is 2.29 bits per heavy atom. The summed E-state index contributed by atoms with van der Waals surface area (Å²) in [5.41, 5.74) is 0.663. The number of ketones is 1. The van der Waals surface area contributed by atoms with Gasteiger partial charge in [0.05, 0.1) is 12.7 Å². The summed E-state index contributed by atoms with van der Waals surface area (Å²) in [6, 6.07) is 11.6. The molecule has 0 saturated carbocycles. The van der Waals surface area contributed by atoms with Gasteiger partial charge >= 0.3 is 0 Å². The van der Waals surface area contributed by atoms with Crippen LogP contribution in [-0.4, -0.2) is 12.9 Å². The Kier molecular flexibility index (Phi) is 4.70. The van der Waals surface area contributed by atoms with E-state index in [0.29, 0.717) is 11.3 Å². The maximum Gasteiger partial charge on any atom is 0.164 e. The average molecular weight is 230 g/mol. The molecular weight excluding hydrogens is 212 g/mol. The molecule has 0 atom stereocenters. The number of rotatable bonds is 2. The molecular formula is C15H18O2. The summed E-state index contributed by atoms with van der Waals surface area (Å²) in [4.78, 5) is 11.6. The zero-order valence-electron chi connectivity index (χ0n) is 10.8. The summed E-state index contributed by atoms with van der Waals surface area (Å²) in [7, 11) is 1.58. The number of benzene rings is 2. The van der Waals surface area contributed by atoms with Gasteiger partial charge in [-0.3, -0.25) is 4.79 Å². The van der Waals surface area contributed by atoms with Gasteiger partial charge in [-0.05, 0) is 23.8 Å². The Morgan fingerprint density at radius 2 is 1.71 bits per heavy atom. The number of fused-ring (bicyclic) bond motifs is 1. The molecule has 0 unspecified atom stereocenters. The Morgan fingerprint density at radius 1 is 1.06 bits per heavy atom. The van der Waals surface area contributed by atoms with Crippen molar-refractivity contribution in [3.8, 4) is 5.75 Å². The molecule has 0 aromatic heterocycles. The van der Waals surface area contributed by atoms with E-state index in [4.69, 9.17) is 4.74 Å². The zero-order chi connectivity index (χ0) is 12.8. The molecule has 0 spiro atoms. The first-order chi connectivity index (χ1) is 8.24. The molecule has 0 aliphatic carbocycles. The second kappa shape index (κ2) is 6.04. The number of methoxy groups -OCH3 is 1. The molecule has 0 aliphatic heterocycles. The summed E-state index contributed by atoms with van der Waals surface area (Å²) in [6.45, 7) is 5.56.